The Labute approximate surface area is 126 Å². The lowest BCUT2D eigenvalue weighted by Crippen LogP contribution is -2.15. The minimum Gasteiger partial charge on any atom is -0.435 e. The van der Waals surface area contributed by atoms with E-state index < -0.39 is 6.61 Å². The molecule has 0 saturated carbocycles. The Hall–Kier alpha value is -2.47. The van der Waals surface area contributed by atoms with E-state index in [0.29, 0.717) is 16.8 Å². The number of aliphatic hydroxyl groups is 1. The molecule has 0 fully saturated rings. The molecule has 0 radical (unpaired) electrons. The summed E-state index contributed by atoms with van der Waals surface area (Å²) in [7, 11) is 0. The lowest BCUT2D eigenvalue weighted by atomic mass is 10.1. The lowest BCUT2D eigenvalue weighted by Gasteiger charge is -2.11. The highest BCUT2D eigenvalue weighted by Gasteiger charge is 2.12. The molecule has 0 aliphatic heterocycles. The Morgan fingerprint density at radius 1 is 1.18 bits per heavy atom. The molecule has 22 heavy (non-hydrogen) atoms. The van der Waals surface area contributed by atoms with Crippen molar-refractivity contribution in [2.75, 3.05) is 5.32 Å². The molecular formula is C16H15F2NO3. The molecule has 0 spiro atoms. The number of hydrogen-bond donors (Lipinski definition) is 2. The van der Waals surface area contributed by atoms with Crippen LogP contribution in [0.1, 0.15) is 11.1 Å². The molecule has 1 amide bonds. The summed E-state index contributed by atoms with van der Waals surface area (Å²) in [6.07, 6.45) is -0.0910. The number of halogens is 2. The van der Waals surface area contributed by atoms with Crippen molar-refractivity contribution in [3.05, 3.63) is 59.7 Å². The molecule has 2 aromatic carbocycles. The third kappa shape index (κ3) is 4.53. The van der Waals surface area contributed by atoms with Gasteiger partial charge in [-0.05, 0) is 23.8 Å². The fraction of sp³-hybridized carbons (Fsp3) is 0.188. The number of amides is 1. The number of carbonyl (C=O) groups excluding carboxylic acids is 1. The summed E-state index contributed by atoms with van der Waals surface area (Å²) in [6, 6.07) is 12.9. The van der Waals surface area contributed by atoms with E-state index >= 15 is 0 Å². The van der Waals surface area contributed by atoms with Gasteiger partial charge in [-0.3, -0.25) is 4.79 Å². The molecule has 0 aliphatic carbocycles. The summed E-state index contributed by atoms with van der Waals surface area (Å²) in [6.45, 7) is -3.07. The Bertz CT molecular complexity index is 647. The van der Waals surface area contributed by atoms with E-state index in [4.69, 9.17) is 5.11 Å². The van der Waals surface area contributed by atoms with Crippen molar-refractivity contribution in [1.82, 2.24) is 0 Å². The van der Waals surface area contributed by atoms with Crippen LogP contribution in [0.25, 0.3) is 0 Å². The second-order valence-corrected chi connectivity index (χ2v) is 4.57. The van der Waals surface area contributed by atoms with Gasteiger partial charge in [0.05, 0.1) is 13.0 Å². The number of ether oxygens (including phenoxy) is 1. The van der Waals surface area contributed by atoms with Gasteiger partial charge in [0.25, 0.3) is 0 Å². The molecule has 0 aromatic heterocycles. The standard InChI is InChI=1S/C16H15F2NO3/c17-16(18)22-14-7-2-1-5-12(14)9-15(21)19-13-6-3-4-11(8-13)10-20/h1-8,16,20H,9-10H2,(H,19,21). The maximum Gasteiger partial charge on any atom is 0.387 e. The fourth-order valence-electron chi connectivity index (χ4n) is 1.99. The van der Waals surface area contributed by atoms with E-state index in [0.717, 1.165) is 0 Å². The predicted octanol–water partition coefficient (Wildman–Crippen LogP) is 2.96. The van der Waals surface area contributed by atoms with Crippen molar-refractivity contribution in [3.63, 3.8) is 0 Å². The Morgan fingerprint density at radius 2 is 1.95 bits per heavy atom. The predicted molar refractivity (Wildman–Crippen MR) is 77.8 cm³/mol. The topological polar surface area (TPSA) is 58.6 Å². The van der Waals surface area contributed by atoms with Crippen LogP contribution in [-0.4, -0.2) is 17.6 Å². The number of hydrogen-bond acceptors (Lipinski definition) is 3. The molecule has 0 bridgehead atoms. The van der Waals surface area contributed by atoms with Crippen molar-refractivity contribution in [2.45, 2.75) is 19.6 Å². The van der Waals surface area contributed by atoms with Gasteiger partial charge in [-0.2, -0.15) is 8.78 Å². The van der Waals surface area contributed by atoms with Crippen LogP contribution >= 0.6 is 0 Å². The Balaban J connectivity index is 2.05. The van der Waals surface area contributed by atoms with Gasteiger partial charge >= 0.3 is 6.61 Å². The van der Waals surface area contributed by atoms with Crippen LogP contribution in [0.4, 0.5) is 14.5 Å². The SMILES string of the molecule is O=C(Cc1ccccc1OC(F)F)Nc1cccc(CO)c1. The molecule has 0 saturated heterocycles. The van der Waals surface area contributed by atoms with Gasteiger partial charge in [0.15, 0.2) is 0 Å². The number of rotatable bonds is 6. The van der Waals surface area contributed by atoms with Crippen molar-refractivity contribution >= 4 is 11.6 Å². The molecule has 116 valence electrons. The zero-order chi connectivity index (χ0) is 15.9. The number of aliphatic hydroxyl groups excluding tert-OH is 1. The smallest absolute Gasteiger partial charge is 0.387 e. The van der Waals surface area contributed by atoms with Crippen molar-refractivity contribution < 1.29 is 23.4 Å². The molecule has 0 atom stereocenters. The van der Waals surface area contributed by atoms with Gasteiger partial charge in [-0.1, -0.05) is 30.3 Å². The van der Waals surface area contributed by atoms with Gasteiger partial charge in [0, 0.05) is 11.3 Å². The Kier molecular flexibility index (Phi) is 5.43. The van der Waals surface area contributed by atoms with Crippen molar-refractivity contribution in [2.24, 2.45) is 0 Å². The largest absolute Gasteiger partial charge is 0.435 e. The minimum absolute atomic E-state index is 0.0169. The van der Waals surface area contributed by atoms with Gasteiger partial charge in [-0.25, -0.2) is 0 Å². The molecule has 0 unspecified atom stereocenters. The average Bonchev–Trinajstić information content (AvgIpc) is 2.49. The van der Waals surface area contributed by atoms with Gasteiger partial charge in [0.1, 0.15) is 5.75 Å². The quantitative estimate of drug-likeness (QED) is 0.862. The highest BCUT2D eigenvalue weighted by Crippen LogP contribution is 2.21. The molecule has 2 aromatic rings. The van der Waals surface area contributed by atoms with E-state index in [9.17, 15) is 13.6 Å². The van der Waals surface area contributed by atoms with E-state index in [1.54, 1.807) is 42.5 Å². The van der Waals surface area contributed by atoms with Gasteiger partial charge < -0.3 is 15.2 Å². The number of carbonyl (C=O) groups is 1. The Morgan fingerprint density at radius 3 is 2.68 bits per heavy atom. The van der Waals surface area contributed by atoms with Crippen LogP contribution in [0.5, 0.6) is 5.75 Å². The first-order chi connectivity index (χ1) is 10.6. The number of para-hydroxylation sites is 1. The van der Waals surface area contributed by atoms with Crippen LogP contribution in [-0.2, 0) is 17.8 Å². The lowest BCUT2D eigenvalue weighted by molar-refractivity contribution is -0.115. The second-order valence-electron chi connectivity index (χ2n) is 4.57. The zero-order valence-corrected chi connectivity index (χ0v) is 11.6. The summed E-state index contributed by atoms with van der Waals surface area (Å²) in [5.41, 5.74) is 1.57. The number of benzene rings is 2. The van der Waals surface area contributed by atoms with E-state index in [1.807, 2.05) is 0 Å². The monoisotopic (exact) mass is 307 g/mol. The van der Waals surface area contributed by atoms with E-state index in [-0.39, 0.29) is 24.7 Å². The van der Waals surface area contributed by atoms with Crippen molar-refractivity contribution in [3.8, 4) is 5.75 Å². The first-order valence-corrected chi connectivity index (χ1v) is 6.61. The number of alkyl halides is 2. The number of nitrogens with one attached hydrogen (secondary N) is 1. The van der Waals surface area contributed by atoms with Gasteiger partial charge in [-0.15, -0.1) is 0 Å². The summed E-state index contributed by atoms with van der Waals surface area (Å²) in [5, 5.41) is 11.7. The molecule has 2 rings (SSSR count). The van der Waals surface area contributed by atoms with Gasteiger partial charge in [0.2, 0.25) is 5.91 Å². The summed E-state index contributed by atoms with van der Waals surface area (Å²) in [4.78, 5) is 12.0. The van der Waals surface area contributed by atoms with Crippen LogP contribution in [0.3, 0.4) is 0 Å². The average molecular weight is 307 g/mol. The van der Waals surface area contributed by atoms with Crippen LogP contribution < -0.4 is 10.1 Å². The van der Waals surface area contributed by atoms with Crippen LogP contribution in [0.2, 0.25) is 0 Å². The summed E-state index contributed by atoms with van der Waals surface area (Å²) < 4.78 is 29.0. The summed E-state index contributed by atoms with van der Waals surface area (Å²) >= 11 is 0. The van der Waals surface area contributed by atoms with Crippen LogP contribution in [0.15, 0.2) is 48.5 Å². The minimum atomic E-state index is -2.94. The fourth-order valence-corrected chi connectivity index (χ4v) is 1.99. The van der Waals surface area contributed by atoms with E-state index in [1.165, 1.54) is 6.07 Å². The summed E-state index contributed by atoms with van der Waals surface area (Å²) in [5.74, 6) is -0.378. The third-order valence-corrected chi connectivity index (χ3v) is 2.93. The zero-order valence-electron chi connectivity index (χ0n) is 11.6. The molecule has 6 heteroatoms. The maximum absolute atomic E-state index is 12.3. The highest BCUT2D eigenvalue weighted by molar-refractivity contribution is 5.92. The molecular weight excluding hydrogens is 292 g/mol. The number of anilines is 1. The maximum atomic E-state index is 12.3. The van der Waals surface area contributed by atoms with E-state index in [2.05, 4.69) is 10.1 Å². The molecule has 0 heterocycles. The van der Waals surface area contributed by atoms with Crippen molar-refractivity contribution in [1.29, 1.82) is 0 Å². The molecule has 4 nitrogen and oxygen atoms in total. The molecule has 0 aliphatic rings. The first kappa shape index (κ1) is 15.9. The molecule has 2 N–H and O–H groups in total. The normalized spacial score (nSPS) is 10.5. The third-order valence-electron chi connectivity index (χ3n) is 2.93. The highest BCUT2D eigenvalue weighted by atomic mass is 19.3. The second kappa shape index (κ2) is 7.51. The first-order valence-electron chi connectivity index (χ1n) is 6.61. The van der Waals surface area contributed by atoms with Crippen LogP contribution in [0, 0.1) is 0 Å².